The summed E-state index contributed by atoms with van der Waals surface area (Å²) >= 11 is 2.15. The number of benzene rings is 2. The zero-order chi connectivity index (χ0) is 18.2. The van der Waals surface area contributed by atoms with Crippen LogP contribution in [0.1, 0.15) is 36.7 Å². The van der Waals surface area contributed by atoms with E-state index in [1.54, 1.807) is 6.07 Å². The van der Waals surface area contributed by atoms with Gasteiger partial charge in [-0.2, -0.15) is 0 Å². The minimum absolute atomic E-state index is 0.104. The summed E-state index contributed by atoms with van der Waals surface area (Å²) < 4.78 is 0.906. The number of carbonyl (C=O) groups is 2. The second-order valence-corrected chi connectivity index (χ2v) is 8.40. The molecular formula is C20H21IN2O2. The van der Waals surface area contributed by atoms with E-state index in [9.17, 15) is 9.59 Å². The monoisotopic (exact) mass is 448 g/mol. The number of halogens is 1. The van der Waals surface area contributed by atoms with Crippen molar-refractivity contribution in [3.8, 4) is 0 Å². The van der Waals surface area contributed by atoms with Crippen molar-refractivity contribution in [3.63, 3.8) is 0 Å². The Kier molecular flexibility index (Phi) is 4.86. The highest BCUT2D eigenvalue weighted by molar-refractivity contribution is 14.1. The van der Waals surface area contributed by atoms with E-state index in [1.165, 1.54) is 0 Å². The lowest BCUT2D eigenvalue weighted by atomic mass is 9.94. The third kappa shape index (κ3) is 3.71. The number of carbonyl (C=O) groups excluding carboxylic acids is 2. The molecule has 0 radical (unpaired) electrons. The Hall–Kier alpha value is -1.89. The molecule has 25 heavy (non-hydrogen) atoms. The first kappa shape index (κ1) is 17.9. The fraction of sp³-hybridized carbons (Fsp3) is 0.300. The number of hydrogen-bond donors (Lipinski definition) is 1. The number of rotatable bonds is 2. The Morgan fingerprint density at radius 1 is 1.12 bits per heavy atom. The number of hydrogen-bond acceptors (Lipinski definition) is 2. The Labute approximate surface area is 161 Å². The van der Waals surface area contributed by atoms with Gasteiger partial charge in [0.2, 0.25) is 5.91 Å². The highest BCUT2D eigenvalue weighted by Crippen LogP contribution is 2.34. The van der Waals surface area contributed by atoms with Crippen LogP contribution in [0.15, 0.2) is 42.5 Å². The first-order valence-electron chi connectivity index (χ1n) is 8.28. The molecule has 0 bridgehead atoms. The van der Waals surface area contributed by atoms with Gasteiger partial charge in [0.25, 0.3) is 5.91 Å². The lowest BCUT2D eigenvalue weighted by Crippen LogP contribution is -2.38. The molecule has 1 aliphatic heterocycles. The first-order valence-corrected chi connectivity index (χ1v) is 9.36. The molecule has 4 nitrogen and oxygen atoms in total. The van der Waals surface area contributed by atoms with Crippen LogP contribution in [0.5, 0.6) is 0 Å². The van der Waals surface area contributed by atoms with Crippen LogP contribution in [0.2, 0.25) is 0 Å². The maximum atomic E-state index is 12.7. The maximum Gasteiger partial charge on any atom is 0.256 e. The van der Waals surface area contributed by atoms with Crippen LogP contribution in [0, 0.1) is 8.99 Å². The van der Waals surface area contributed by atoms with Gasteiger partial charge in [0.15, 0.2) is 0 Å². The van der Waals surface area contributed by atoms with Crippen LogP contribution >= 0.6 is 22.6 Å². The lowest BCUT2D eigenvalue weighted by molar-refractivity contribution is -0.125. The van der Waals surface area contributed by atoms with E-state index in [0.29, 0.717) is 17.8 Å². The van der Waals surface area contributed by atoms with Crippen molar-refractivity contribution < 1.29 is 9.59 Å². The minimum Gasteiger partial charge on any atom is -0.322 e. The zero-order valence-electron chi connectivity index (χ0n) is 14.6. The van der Waals surface area contributed by atoms with Gasteiger partial charge >= 0.3 is 0 Å². The molecule has 2 amide bonds. The number of fused-ring (bicyclic) bond motifs is 1. The van der Waals surface area contributed by atoms with E-state index >= 15 is 0 Å². The van der Waals surface area contributed by atoms with E-state index in [1.807, 2.05) is 62.1 Å². The predicted molar refractivity (Wildman–Crippen MR) is 109 cm³/mol. The van der Waals surface area contributed by atoms with Gasteiger partial charge in [-0.25, -0.2) is 0 Å². The molecule has 130 valence electrons. The molecule has 5 heteroatoms. The predicted octanol–water partition coefficient (Wildman–Crippen LogP) is 4.48. The summed E-state index contributed by atoms with van der Waals surface area (Å²) in [7, 11) is 0. The van der Waals surface area contributed by atoms with Crippen LogP contribution < -0.4 is 10.2 Å². The second kappa shape index (κ2) is 6.78. The number of nitrogens with one attached hydrogen (secondary N) is 1. The molecule has 0 saturated carbocycles. The normalized spacial score (nSPS) is 13.5. The summed E-state index contributed by atoms with van der Waals surface area (Å²) in [6.07, 6.45) is 0.849. The molecule has 0 saturated heterocycles. The standard InChI is InChI=1S/C20H21IN2O2/c1-20(2,3)19(25)23-11-10-13-8-9-14(12-17(13)23)22-18(24)15-6-4-5-7-16(15)21/h4-9,12H,10-11H2,1-3H3,(H,22,24). The van der Waals surface area contributed by atoms with Gasteiger partial charge in [0, 0.05) is 26.9 Å². The van der Waals surface area contributed by atoms with Crippen LogP contribution in [-0.2, 0) is 11.2 Å². The topological polar surface area (TPSA) is 49.4 Å². The summed E-state index contributed by atoms with van der Waals surface area (Å²) in [5.41, 5.74) is 2.97. The average molecular weight is 448 g/mol. The highest BCUT2D eigenvalue weighted by Gasteiger charge is 2.32. The first-order chi connectivity index (χ1) is 11.8. The number of nitrogens with zero attached hydrogens (tertiary/aromatic N) is 1. The maximum absolute atomic E-state index is 12.7. The molecular weight excluding hydrogens is 427 g/mol. The number of amides is 2. The summed E-state index contributed by atoms with van der Waals surface area (Å²) in [6, 6.07) is 13.3. The van der Waals surface area contributed by atoms with Crippen molar-refractivity contribution >= 4 is 45.8 Å². The van der Waals surface area contributed by atoms with Crippen molar-refractivity contribution in [1.29, 1.82) is 0 Å². The van der Waals surface area contributed by atoms with E-state index in [4.69, 9.17) is 0 Å². The molecule has 0 fully saturated rings. The van der Waals surface area contributed by atoms with Crippen LogP contribution in [0.3, 0.4) is 0 Å². The Balaban J connectivity index is 1.85. The van der Waals surface area contributed by atoms with Gasteiger partial charge in [-0.15, -0.1) is 0 Å². The Bertz CT molecular complexity index is 840. The molecule has 0 aromatic heterocycles. The fourth-order valence-corrected chi connectivity index (χ4v) is 3.55. The van der Waals surface area contributed by atoms with Gasteiger partial charge in [-0.05, 0) is 58.8 Å². The largest absolute Gasteiger partial charge is 0.322 e. The second-order valence-electron chi connectivity index (χ2n) is 7.23. The average Bonchev–Trinajstić information content (AvgIpc) is 2.96. The quantitative estimate of drug-likeness (QED) is 0.689. The molecule has 3 rings (SSSR count). The molecule has 2 aromatic carbocycles. The van der Waals surface area contributed by atoms with Crippen molar-refractivity contribution in [3.05, 3.63) is 57.2 Å². The molecule has 1 N–H and O–H groups in total. The third-order valence-electron chi connectivity index (χ3n) is 4.24. The molecule has 0 spiro atoms. The van der Waals surface area contributed by atoms with Gasteiger partial charge in [0.1, 0.15) is 0 Å². The van der Waals surface area contributed by atoms with Crippen molar-refractivity contribution in [1.82, 2.24) is 0 Å². The van der Waals surface area contributed by atoms with Crippen LogP contribution in [0.25, 0.3) is 0 Å². The zero-order valence-corrected chi connectivity index (χ0v) is 16.8. The van der Waals surface area contributed by atoms with Gasteiger partial charge in [-0.1, -0.05) is 39.0 Å². The Morgan fingerprint density at radius 2 is 1.84 bits per heavy atom. The van der Waals surface area contributed by atoms with E-state index in [-0.39, 0.29) is 11.8 Å². The lowest BCUT2D eigenvalue weighted by Gasteiger charge is -2.26. The van der Waals surface area contributed by atoms with Gasteiger partial charge in [0.05, 0.1) is 5.56 Å². The van der Waals surface area contributed by atoms with Gasteiger partial charge in [-0.3, -0.25) is 9.59 Å². The summed E-state index contributed by atoms with van der Waals surface area (Å²) in [6.45, 7) is 6.47. The summed E-state index contributed by atoms with van der Waals surface area (Å²) in [5.74, 6) is -0.0380. The molecule has 0 unspecified atom stereocenters. The SMILES string of the molecule is CC(C)(C)C(=O)N1CCc2ccc(NC(=O)c3ccccc3I)cc21. The van der Waals surface area contributed by atoms with E-state index in [0.717, 1.165) is 21.2 Å². The minimum atomic E-state index is -0.430. The summed E-state index contributed by atoms with van der Waals surface area (Å²) in [5, 5.41) is 2.95. The van der Waals surface area contributed by atoms with Gasteiger partial charge < -0.3 is 10.2 Å². The molecule has 0 atom stereocenters. The van der Waals surface area contributed by atoms with Crippen molar-refractivity contribution in [2.75, 3.05) is 16.8 Å². The molecule has 1 aliphatic rings. The molecule has 2 aromatic rings. The Morgan fingerprint density at radius 3 is 2.52 bits per heavy atom. The van der Waals surface area contributed by atoms with E-state index < -0.39 is 5.41 Å². The molecule has 0 aliphatic carbocycles. The van der Waals surface area contributed by atoms with Crippen LogP contribution in [0.4, 0.5) is 11.4 Å². The third-order valence-corrected chi connectivity index (χ3v) is 5.18. The smallest absolute Gasteiger partial charge is 0.256 e. The van der Waals surface area contributed by atoms with Crippen molar-refractivity contribution in [2.45, 2.75) is 27.2 Å². The van der Waals surface area contributed by atoms with E-state index in [2.05, 4.69) is 27.9 Å². The summed E-state index contributed by atoms with van der Waals surface area (Å²) in [4.78, 5) is 27.0. The fourth-order valence-electron chi connectivity index (χ4n) is 2.92. The number of anilines is 2. The van der Waals surface area contributed by atoms with Crippen molar-refractivity contribution in [2.24, 2.45) is 5.41 Å². The van der Waals surface area contributed by atoms with Crippen LogP contribution in [-0.4, -0.2) is 18.4 Å². The highest BCUT2D eigenvalue weighted by atomic mass is 127. The molecule has 1 heterocycles.